The number of benzene rings is 1. The highest BCUT2D eigenvalue weighted by atomic mass is 35.5. The smallest absolute Gasteiger partial charge is 0.253 e. The van der Waals surface area contributed by atoms with Gasteiger partial charge in [-0.25, -0.2) is 4.98 Å². The third-order valence-electron chi connectivity index (χ3n) is 2.54. The molecule has 6 heteroatoms. The molecule has 0 aliphatic rings. The number of thiazole rings is 1. The first-order chi connectivity index (χ1) is 9.10. The van der Waals surface area contributed by atoms with Crippen molar-refractivity contribution >= 4 is 41.5 Å². The predicted octanol–water partition coefficient (Wildman–Crippen LogP) is 3.58. The standard InChI is InChI=1S/C13H13ClN2OS2/c1-2-9-6-15-12(19-9)7-16-13(17)10-5-8(18)3-4-11(10)14/h3-6,18H,2,7H2,1H3,(H,16,17). The minimum absolute atomic E-state index is 0.214. The summed E-state index contributed by atoms with van der Waals surface area (Å²) in [5.41, 5.74) is 0.432. The fraction of sp³-hybridized carbons (Fsp3) is 0.231. The molecule has 0 bridgehead atoms. The molecule has 0 saturated heterocycles. The highest BCUT2D eigenvalue weighted by Crippen LogP contribution is 2.20. The lowest BCUT2D eigenvalue weighted by Gasteiger charge is -2.05. The summed E-state index contributed by atoms with van der Waals surface area (Å²) >= 11 is 11.8. The van der Waals surface area contributed by atoms with E-state index in [2.05, 4.69) is 29.9 Å². The molecule has 19 heavy (non-hydrogen) atoms. The molecule has 1 amide bonds. The summed E-state index contributed by atoms with van der Waals surface area (Å²) < 4.78 is 0. The van der Waals surface area contributed by atoms with Crippen molar-refractivity contribution in [3.05, 3.63) is 44.9 Å². The lowest BCUT2D eigenvalue weighted by atomic mass is 10.2. The zero-order valence-corrected chi connectivity index (χ0v) is 12.8. The summed E-state index contributed by atoms with van der Waals surface area (Å²) in [4.78, 5) is 18.2. The Bertz CT molecular complexity index is 598. The topological polar surface area (TPSA) is 42.0 Å². The van der Waals surface area contributed by atoms with E-state index in [0.717, 1.165) is 11.4 Å². The van der Waals surface area contributed by atoms with E-state index in [0.29, 0.717) is 22.0 Å². The Hall–Kier alpha value is -1.04. The third-order valence-corrected chi connectivity index (χ3v) is 4.29. The highest BCUT2D eigenvalue weighted by Gasteiger charge is 2.11. The Morgan fingerprint density at radius 3 is 3.00 bits per heavy atom. The van der Waals surface area contributed by atoms with Gasteiger partial charge in [0.25, 0.3) is 5.91 Å². The van der Waals surface area contributed by atoms with Crippen molar-refractivity contribution in [3.63, 3.8) is 0 Å². The Labute approximate surface area is 126 Å². The lowest BCUT2D eigenvalue weighted by molar-refractivity contribution is 0.0951. The number of amides is 1. The zero-order valence-electron chi connectivity index (χ0n) is 10.3. The molecule has 100 valence electrons. The van der Waals surface area contributed by atoms with Crippen LogP contribution in [0.1, 0.15) is 27.2 Å². The van der Waals surface area contributed by atoms with Crippen LogP contribution in [0.25, 0.3) is 0 Å². The van der Waals surface area contributed by atoms with Crippen LogP contribution >= 0.6 is 35.6 Å². The van der Waals surface area contributed by atoms with Gasteiger partial charge in [-0.1, -0.05) is 18.5 Å². The van der Waals surface area contributed by atoms with Gasteiger partial charge >= 0.3 is 0 Å². The molecule has 1 aromatic carbocycles. The van der Waals surface area contributed by atoms with Crippen LogP contribution in [-0.2, 0) is 13.0 Å². The van der Waals surface area contributed by atoms with Gasteiger partial charge in [-0.2, -0.15) is 0 Å². The van der Waals surface area contributed by atoms with Gasteiger partial charge in [0.05, 0.1) is 17.1 Å². The first-order valence-electron chi connectivity index (χ1n) is 5.80. The van der Waals surface area contributed by atoms with Crippen molar-refractivity contribution in [3.8, 4) is 0 Å². The van der Waals surface area contributed by atoms with Gasteiger partial charge in [0.15, 0.2) is 0 Å². The highest BCUT2D eigenvalue weighted by molar-refractivity contribution is 7.80. The third kappa shape index (κ3) is 3.72. The molecule has 0 spiro atoms. The van der Waals surface area contributed by atoms with Crippen molar-refractivity contribution in [1.82, 2.24) is 10.3 Å². The van der Waals surface area contributed by atoms with Crippen LogP contribution < -0.4 is 5.32 Å². The molecular formula is C13H13ClN2OS2. The molecule has 1 N–H and O–H groups in total. The fourth-order valence-electron chi connectivity index (χ4n) is 1.53. The van der Waals surface area contributed by atoms with Crippen LogP contribution in [0.15, 0.2) is 29.3 Å². The molecule has 0 fully saturated rings. The van der Waals surface area contributed by atoms with E-state index in [-0.39, 0.29) is 5.91 Å². The van der Waals surface area contributed by atoms with Gasteiger partial charge in [-0.15, -0.1) is 24.0 Å². The Balaban J connectivity index is 2.03. The summed E-state index contributed by atoms with van der Waals surface area (Å²) in [7, 11) is 0. The average molecular weight is 313 g/mol. The van der Waals surface area contributed by atoms with E-state index in [1.165, 1.54) is 4.88 Å². The monoisotopic (exact) mass is 312 g/mol. The second kappa shape index (κ2) is 6.41. The number of aryl methyl sites for hydroxylation is 1. The maximum Gasteiger partial charge on any atom is 0.253 e. The van der Waals surface area contributed by atoms with Crippen molar-refractivity contribution < 1.29 is 4.79 Å². The van der Waals surface area contributed by atoms with Gasteiger partial charge in [-0.3, -0.25) is 4.79 Å². The second-order valence-corrected chi connectivity index (χ2v) is 6.04. The van der Waals surface area contributed by atoms with Gasteiger partial charge in [-0.05, 0) is 24.6 Å². The van der Waals surface area contributed by atoms with Crippen LogP contribution in [0.3, 0.4) is 0 Å². The number of carbonyl (C=O) groups excluding carboxylic acids is 1. The number of nitrogens with one attached hydrogen (secondary N) is 1. The number of thiol groups is 1. The summed E-state index contributed by atoms with van der Waals surface area (Å²) in [6.07, 6.45) is 2.80. The predicted molar refractivity (Wildman–Crippen MR) is 81.4 cm³/mol. The number of carbonyl (C=O) groups is 1. The first kappa shape index (κ1) is 14.4. The summed E-state index contributed by atoms with van der Waals surface area (Å²) in [6, 6.07) is 5.06. The summed E-state index contributed by atoms with van der Waals surface area (Å²) in [5, 5.41) is 4.12. The first-order valence-corrected chi connectivity index (χ1v) is 7.44. The minimum Gasteiger partial charge on any atom is -0.345 e. The Kier molecular flexibility index (Phi) is 4.85. The summed E-state index contributed by atoms with van der Waals surface area (Å²) in [6.45, 7) is 2.49. The van der Waals surface area contributed by atoms with Gasteiger partial charge in [0.2, 0.25) is 0 Å². The normalized spacial score (nSPS) is 10.5. The molecule has 0 aliphatic heterocycles. The van der Waals surface area contributed by atoms with E-state index in [9.17, 15) is 4.79 Å². The van der Waals surface area contributed by atoms with Crippen molar-refractivity contribution in [2.24, 2.45) is 0 Å². The van der Waals surface area contributed by atoms with E-state index in [1.54, 1.807) is 29.5 Å². The van der Waals surface area contributed by atoms with E-state index < -0.39 is 0 Å². The number of hydrogen-bond acceptors (Lipinski definition) is 4. The number of hydrogen-bond donors (Lipinski definition) is 2. The number of halogens is 1. The molecule has 0 aliphatic carbocycles. The van der Waals surface area contributed by atoms with E-state index >= 15 is 0 Å². The molecule has 0 saturated carbocycles. The maximum absolute atomic E-state index is 12.0. The molecule has 0 radical (unpaired) electrons. The number of aromatic nitrogens is 1. The van der Waals surface area contributed by atoms with Gasteiger partial charge < -0.3 is 5.32 Å². The molecule has 1 aromatic heterocycles. The molecule has 0 atom stereocenters. The number of rotatable bonds is 4. The molecular weight excluding hydrogens is 300 g/mol. The molecule has 2 aromatic rings. The average Bonchev–Trinajstić information content (AvgIpc) is 2.87. The second-order valence-electron chi connectivity index (χ2n) is 3.92. The molecule has 0 unspecified atom stereocenters. The lowest BCUT2D eigenvalue weighted by Crippen LogP contribution is -2.23. The molecule has 2 rings (SSSR count). The van der Waals surface area contributed by atoms with Gasteiger partial charge in [0.1, 0.15) is 5.01 Å². The van der Waals surface area contributed by atoms with Crippen molar-refractivity contribution in [1.29, 1.82) is 0 Å². The minimum atomic E-state index is -0.214. The SMILES string of the molecule is CCc1cnc(CNC(=O)c2cc(S)ccc2Cl)s1. The zero-order chi connectivity index (χ0) is 13.8. The quantitative estimate of drug-likeness (QED) is 0.847. The summed E-state index contributed by atoms with van der Waals surface area (Å²) in [5.74, 6) is -0.214. The Morgan fingerprint density at radius 2 is 2.32 bits per heavy atom. The maximum atomic E-state index is 12.0. The largest absolute Gasteiger partial charge is 0.345 e. The van der Waals surface area contributed by atoms with Crippen LogP contribution in [0.2, 0.25) is 5.02 Å². The van der Waals surface area contributed by atoms with Crippen LogP contribution in [0.5, 0.6) is 0 Å². The van der Waals surface area contributed by atoms with E-state index in [1.807, 2.05) is 6.20 Å². The van der Waals surface area contributed by atoms with Crippen molar-refractivity contribution in [2.45, 2.75) is 24.8 Å². The van der Waals surface area contributed by atoms with Gasteiger partial charge in [0, 0.05) is 16.0 Å². The van der Waals surface area contributed by atoms with Crippen LogP contribution in [0, 0.1) is 0 Å². The molecule has 1 heterocycles. The number of nitrogens with zero attached hydrogens (tertiary/aromatic N) is 1. The Morgan fingerprint density at radius 1 is 1.53 bits per heavy atom. The van der Waals surface area contributed by atoms with Crippen molar-refractivity contribution in [2.75, 3.05) is 0 Å². The van der Waals surface area contributed by atoms with Crippen LogP contribution in [-0.4, -0.2) is 10.9 Å². The van der Waals surface area contributed by atoms with E-state index in [4.69, 9.17) is 11.6 Å². The fourth-order valence-corrected chi connectivity index (χ4v) is 2.74. The molecule has 3 nitrogen and oxygen atoms in total. The van der Waals surface area contributed by atoms with Crippen LogP contribution in [0.4, 0.5) is 0 Å².